The number of ether oxygens (including phenoxy) is 2. The van der Waals surface area contributed by atoms with Gasteiger partial charge in [-0.25, -0.2) is 4.79 Å². The van der Waals surface area contributed by atoms with Crippen LogP contribution in [0.25, 0.3) is 0 Å². The Hall–Kier alpha value is -2.57. The lowest BCUT2D eigenvalue weighted by atomic mass is 9.43. The van der Waals surface area contributed by atoms with E-state index in [1.165, 1.54) is 44.9 Å². The van der Waals surface area contributed by atoms with Crippen LogP contribution in [-0.2, 0) is 9.47 Å². The van der Waals surface area contributed by atoms with Crippen LogP contribution in [0.15, 0.2) is 48.5 Å². The van der Waals surface area contributed by atoms with Crippen LogP contribution in [0, 0.1) is 52.3 Å². The molecule has 10 unspecified atom stereocenters. The second-order valence-electron chi connectivity index (χ2n) is 16.9. The van der Waals surface area contributed by atoms with E-state index in [9.17, 15) is 9.90 Å². The Kier molecular flexibility index (Phi) is 10.0. The summed E-state index contributed by atoms with van der Waals surface area (Å²) < 4.78 is 12.9. The van der Waals surface area contributed by atoms with E-state index in [-0.39, 0.29) is 29.5 Å². The van der Waals surface area contributed by atoms with Crippen LogP contribution in [0.2, 0.25) is 0 Å². The van der Waals surface area contributed by atoms with E-state index >= 15 is 0 Å². The lowest BCUT2D eigenvalue weighted by Crippen LogP contribution is -2.59. The third-order valence-electron chi connectivity index (χ3n) is 13.7. The minimum Gasteiger partial charge on any atom is -0.458 e. The van der Waals surface area contributed by atoms with Gasteiger partial charge in [-0.1, -0.05) is 72.1 Å². The highest BCUT2D eigenvalue weighted by Crippen LogP contribution is 2.69. The molecular weight excluding hydrogens is 584 g/mol. The summed E-state index contributed by atoms with van der Waals surface area (Å²) >= 11 is 0. The molecule has 0 aromatic heterocycles. The second-order valence-corrected chi connectivity index (χ2v) is 16.9. The standard InChI is InChI=1S/C41H60N2O4/c1-25(2)9-6-10-26(3)33-15-16-34-32-24-37(47-39(45)28-12-8-14-30(43)22-28)36-23-31(46-38(44)27-11-7-13-29(42)21-27)17-19-41(36,5)35(32)18-20-40(33,34)4/h7-8,11-14,21-22,25-26,31-38,44H,6,9-10,15-20,23-24,42-43H2,1-5H3/t26-,31?,32?,33?,34?,35?,36?,37?,38?,40?,41?/m0/s1. The summed E-state index contributed by atoms with van der Waals surface area (Å²) in [6, 6.07) is 14.4. The molecule has 0 heterocycles. The van der Waals surface area contributed by atoms with Crippen LogP contribution in [0.3, 0.4) is 0 Å². The van der Waals surface area contributed by atoms with E-state index in [4.69, 9.17) is 20.9 Å². The first-order valence-corrected chi connectivity index (χ1v) is 18.6. The normalized spacial score (nSPS) is 36.2. The summed E-state index contributed by atoms with van der Waals surface area (Å²) in [7, 11) is 0. The summed E-state index contributed by atoms with van der Waals surface area (Å²) in [5, 5.41) is 11.0. The SMILES string of the molecule is CC(C)CCC[C@H](C)C1CCC2C3CC(OC(=O)c4cccc(N)c4)C4CC(OC(O)c5cccc(N)c5)CCC4(C)C3CCC21C. The van der Waals surface area contributed by atoms with Gasteiger partial charge < -0.3 is 26.0 Å². The van der Waals surface area contributed by atoms with Crippen molar-refractivity contribution in [1.29, 1.82) is 0 Å². The number of rotatable bonds is 10. The molecule has 6 rings (SSSR count). The maximum absolute atomic E-state index is 13.7. The molecule has 0 saturated heterocycles. The van der Waals surface area contributed by atoms with Crippen molar-refractivity contribution < 1.29 is 19.4 Å². The van der Waals surface area contributed by atoms with Crippen molar-refractivity contribution >= 4 is 17.3 Å². The molecule has 11 atom stereocenters. The number of nitrogens with two attached hydrogens (primary N) is 2. The molecule has 258 valence electrons. The number of benzene rings is 2. The molecule has 2 aromatic carbocycles. The number of aliphatic hydroxyl groups is 1. The fraction of sp³-hybridized carbons (Fsp3) is 0.683. The average molecular weight is 645 g/mol. The third kappa shape index (κ3) is 6.84. The molecule has 4 saturated carbocycles. The van der Waals surface area contributed by atoms with Crippen LogP contribution < -0.4 is 11.5 Å². The van der Waals surface area contributed by atoms with Gasteiger partial charge in [0.25, 0.3) is 0 Å². The van der Waals surface area contributed by atoms with Crippen LogP contribution in [-0.4, -0.2) is 23.3 Å². The van der Waals surface area contributed by atoms with E-state index in [1.807, 2.05) is 24.3 Å². The van der Waals surface area contributed by atoms with Crippen LogP contribution in [0.5, 0.6) is 0 Å². The topological polar surface area (TPSA) is 108 Å². The van der Waals surface area contributed by atoms with Gasteiger partial charge in [-0.15, -0.1) is 0 Å². The van der Waals surface area contributed by atoms with Gasteiger partial charge in [0.2, 0.25) is 0 Å². The third-order valence-corrected chi connectivity index (χ3v) is 13.7. The first kappa shape index (κ1) is 34.3. The van der Waals surface area contributed by atoms with Crippen molar-refractivity contribution in [3.63, 3.8) is 0 Å². The highest BCUT2D eigenvalue weighted by Gasteiger charge is 2.63. The largest absolute Gasteiger partial charge is 0.458 e. The smallest absolute Gasteiger partial charge is 0.338 e. The van der Waals surface area contributed by atoms with Gasteiger partial charge in [0.15, 0.2) is 6.29 Å². The Labute approximate surface area is 283 Å². The second kappa shape index (κ2) is 13.7. The summed E-state index contributed by atoms with van der Waals surface area (Å²) in [4.78, 5) is 13.7. The molecule has 4 fully saturated rings. The number of hydrogen-bond acceptors (Lipinski definition) is 6. The summed E-state index contributed by atoms with van der Waals surface area (Å²) in [6.45, 7) is 12.3. The van der Waals surface area contributed by atoms with Gasteiger partial charge in [-0.3, -0.25) is 0 Å². The van der Waals surface area contributed by atoms with Crippen LogP contribution in [0.1, 0.15) is 127 Å². The molecule has 2 aromatic rings. The van der Waals surface area contributed by atoms with E-state index in [2.05, 4.69) is 34.6 Å². The number of nitrogen functional groups attached to an aromatic ring is 2. The highest BCUT2D eigenvalue weighted by atomic mass is 16.6. The van der Waals surface area contributed by atoms with Crippen molar-refractivity contribution in [3.05, 3.63) is 59.7 Å². The molecule has 4 aliphatic rings. The molecule has 6 nitrogen and oxygen atoms in total. The summed E-state index contributed by atoms with van der Waals surface area (Å²) in [5.74, 6) is 4.02. The molecule has 0 bridgehead atoms. The number of fused-ring (bicyclic) bond motifs is 5. The van der Waals surface area contributed by atoms with Gasteiger partial charge in [0, 0.05) is 22.9 Å². The molecule has 0 aliphatic heterocycles. The van der Waals surface area contributed by atoms with Gasteiger partial charge >= 0.3 is 5.97 Å². The Balaban J connectivity index is 1.24. The van der Waals surface area contributed by atoms with E-state index in [1.54, 1.807) is 24.3 Å². The Bertz CT molecular complexity index is 1400. The highest BCUT2D eigenvalue weighted by molar-refractivity contribution is 5.90. The fourth-order valence-corrected chi connectivity index (χ4v) is 11.4. The van der Waals surface area contributed by atoms with E-state index in [0.29, 0.717) is 45.7 Å². The number of hydrogen-bond donors (Lipinski definition) is 3. The maximum Gasteiger partial charge on any atom is 0.338 e. The zero-order chi connectivity index (χ0) is 33.5. The van der Waals surface area contributed by atoms with E-state index in [0.717, 1.165) is 43.4 Å². The summed E-state index contributed by atoms with van der Waals surface area (Å²) in [5.41, 5.74) is 14.8. The molecule has 47 heavy (non-hydrogen) atoms. The zero-order valence-corrected chi connectivity index (χ0v) is 29.5. The van der Waals surface area contributed by atoms with Crippen molar-refractivity contribution in [2.24, 2.45) is 52.3 Å². The van der Waals surface area contributed by atoms with Crippen molar-refractivity contribution in [3.8, 4) is 0 Å². The predicted octanol–water partition coefficient (Wildman–Crippen LogP) is 9.18. The maximum atomic E-state index is 13.7. The van der Waals surface area contributed by atoms with Gasteiger partial charge in [0.1, 0.15) is 6.10 Å². The van der Waals surface area contributed by atoms with E-state index < -0.39 is 6.29 Å². The zero-order valence-electron chi connectivity index (χ0n) is 29.5. The van der Waals surface area contributed by atoms with Crippen molar-refractivity contribution in [2.45, 2.75) is 124 Å². The molecular formula is C41H60N2O4. The minimum atomic E-state index is -1.04. The number of aliphatic hydroxyl groups excluding tert-OH is 1. The average Bonchev–Trinajstić information content (AvgIpc) is 3.39. The Morgan fingerprint density at radius 1 is 0.872 bits per heavy atom. The monoisotopic (exact) mass is 644 g/mol. The van der Waals surface area contributed by atoms with Crippen LogP contribution >= 0.6 is 0 Å². The fourth-order valence-electron chi connectivity index (χ4n) is 11.4. The molecule has 5 N–H and O–H groups in total. The number of esters is 1. The first-order valence-electron chi connectivity index (χ1n) is 18.6. The van der Waals surface area contributed by atoms with Crippen LogP contribution in [0.4, 0.5) is 11.4 Å². The lowest BCUT2D eigenvalue weighted by Gasteiger charge is -2.62. The Morgan fingerprint density at radius 3 is 2.30 bits per heavy atom. The predicted molar refractivity (Wildman–Crippen MR) is 189 cm³/mol. The molecule has 4 aliphatic carbocycles. The lowest BCUT2D eigenvalue weighted by molar-refractivity contribution is -0.205. The number of carbonyl (C=O) groups is 1. The van der Waals surface area contributed by atoms with Crippen molar-refractivity contribution in [1.82, 2.24) is 0 Å². The quantitative estimate of drug-likeness (QED) is 0.135. The minimum absolute atomic E-state index is 0.0495. The molecule has 6 heteroatoms. The molecule has 0 spiro atoms. The van der Waals surface area contributed by atoms with Crippen molar-refractivity contribution in [2.75, 3.05) is 11.5 Å². The number of anilines is 2. The summed E-state index contributed by atoms with van der Waals surface area (Å²) in [6.07, 6.45) is 11.4. The van der Waals surface area contributed by atoms with Gasteiger partial charge in [0.05, 0.1) is 11.7 Å². The van der Waals surface area contributed by atoms with Gasteiger partial charge in [-0.2, -0.15) is 0 Å². The van der Waals surface area contributed by atoms with Gasteiger partial charge in [-0.05, 0) is 128 Å². The first-order chi connectivity index (χ1) is 22.4. The number of carbonyl (C=O) groups excluding carboxylic acids is 1. The Morgan fingerprint density at radius 2 is 1.57 bits per heavy atom. The molecule has 0 amide bonds. The molecule has 0 radical (unpaired) electrons.